The number of nitrogens with one attached hydrogen (secondary N) is 1. The van der Waals surface area contributed by atoms with Crippen LogP contribution in [0, 0.1) is 13.8 Å². The number of morpholine rings is 1. The number of carbonyl (C=O) groups excluding carboxylic acids is 1. The summed E-state index contributed by atoms with van der Waals surface area (Å²) < 4.78 is 5.46. The molecule has 5 nitrogen and oxygen atoms in total. The summed E-state index contributed by atoms with van der Waals surface area (Å²) in [5.41, 5.74) is 5.73. The average molecular weight is 367 g/mol. The molecule has 1 heterocycles. The van der Waals surface area contributed by atoms with E-state index in [2.05, 4.69) is 53.2 Å². The molecule has 0 aromatic heterocycles. The van der Waals surface area contributed by atoms with Crippen LogP contribution in [0.2, 0.25) is 0 Å². The summed E-state index contributed by atoms with van der Waals surface area (Å²) in [5, 5.41) is 3.00. The lowest BCUT2D eigenvalue weighted by atomic mass is 10.1. The Kier molecular flexibility index (Phi) is 6.48. The molecule has 1 aliphatic rings. The summed E-state index contributed by atoms with van der Waals surface area (Å²) in [4.78, 5) is 16.8. The van der Waals surface area contributed by atoms with E-state index in [1.807, 2.05) is 25.2 Å². The topological polar surface area (TPSA) is 44.8 Å². The molecule has 3 rings (SSSR count). The van der Waals surface area contributed by atoms with E-state index in [1.54, 1.807) is 0 Å². The third kappa shape index (κ3) is 5.31. The van der Waals surface area contributed by atoms with Gasteiger partial charge in [-0.15, -0.1) is 0 Å². The highest BCUT2D eigenvalue weighted by Crippen LogP contribution is 2.22. The van der Waals surface area contributed by atoms with Crippen LogP contribution in [0.25, 0.3) is 0 Å². The Bertz CT molecular complexity index is 785. The van der Waals surface area contributed by atoms with Gasteiger partial charge in [-0.1, -0.05) is 24.3 Å². The van der Waals surface area contributed by atoms with Gasteiger partial charge in [0.25, 0.3) is 0 Å². The summed E-state index contributed by atoms with van der Waals surface area (Å²) in [5.74, 6) is 0.00427. The van der Waals surface area contributed by atoms with Crippen LogP contribution >= 0.6 is 0 Å². The van der Waals surface area contributed by atoms with Gasteiger partial charge in [-0.2, -0.15) is 0 Å². The number of carbonyl (C=O) groups is 1. The van der Waals surface area contributed by atoms with Crippen molar-refractivity contribution in [3.63, 3.8) is 0 Å². The number of hydrogen-bond donors (Lipinski definition) is 1. The first-order valence-electron chi connectivity index (χ1n) is 9.49. The van der Waals surface area contributed by atoms with Crippen molar-refractivity contribution >= 4 is 17.3 Å². The fourth-order valence-corrected chi connectivity index (χ4v) is 3.37. The van der Waals surface area contributed by atoms with E-state index in [4.69, 9.17) is 4.74 Å². The maximum absolute atomic E-state index is 12.4. The third-order valence-corrected chi connectivity index (χ3v) is 4.99. The predicted molar refractivity (Wildman–Crippen MR) is 110 cm³/mol. The molecule has 1 N–H and O–H groups in total. The van der Waals surface area contributed by atoms with Crippen molar-refractivity contribution < 1.29 is 9.53 Å². The van der Waals surface area contributed by atoms with Gasteiger partial charge in [0, 0.05) is 31.0 Å². The quantitative estimate of drug-likeness (QED) is 0.852. The van der Waals surface area contributed by atoms with Gasteiger partial charge in [0.1, 0.15) is 0 Å². The van der Waals surface area contributed by atoms with Crippen molar-refractivity contribution in [2.24, 2.45) is 0 Å². The number of hydrogen-bond acceptors (Lipinski definition) is 4. The van der Waals surface area contributed by atoms with Crippen molar-refractivity contribution in [2.75, 3.05) is 50.1 Å². The third-order valence-electron chi connectivity index (χ3n) is 4.99. The number of nitrogens with zero attached hydrogens (tertiary/aromatic N) is 2. The van der Waals surface area contributed by atoms with Crippen LogP contribution in [0.1, 0.15) is 16.7 Å². The average Bonchev–Trinajstić information content (AvgIpc) is 2.66. The number of likely N-dealkylation sites (N-methyl/N-ethyl adjacent to an activating group) is 1. The Hall–Kier alpha value is -2.37. The van der Waals surface area contributed by atoms with Crippen molar-refractivity contribution in [3.8, 4) is 0 Å². The summed E-state index contributed by atoms with van der Waals surface area (Å²) in [7, 11) is 1.98. The Labute approximate surface area is 161 Å². The Morgan fingerprint density at radius 2 is 1.85 bits per heavy atom. The highest BCUT2D eigenvalue weighted by molar-refractivity contribution is 5.92. The van der Waals surface area contributed by atoms with E-state index < -0.39 is 0 Å². The van der Waals surface area contributed by atoms with Crippen molar-refractivity contribution in [1.29, 1.82) is 0 Å². The molecular formula is C22H29N3O2. The van der Waals surface area contributed by atoms with Gasteiger partial charge in [0.05, 0.1) is 19.8 Å². The number of rotatable bonds is 6. The molecule has 0 saturated carbocycles. The van der Waals surface area contributed by atoms with Gasteiger partial charge < -0.3 is 15.0 Å². The van der Waals surface area contributed by atoms with Crippen molar-refractivity contribution in [1.82, 2.24) is 4.90 Å². The van der Waals surface area contributed by atoms with Crippen LogP contribution in [0.3, 0.4) is 0 Å². The van der Waals surface area contributed by atoms with Crippen LogP contribution in [0.15, 0.2) is 42.5 Å². The lowest BCUT2D eigenvalue weighted by Gasteiger charge is -2.31. The molecule has 0 bridgehead atoms. The molecule has 0 atom stereocenters. The van der Waals surface area contributed by atoms with Crippen LogP contribution in [0.5, 0.6) is 0 Å². The smallest absolute Gasteiger partial charge is 0.238 e. The Morgan fingerprint density at radius 1 is 1.11 bits per heavy atom. The fraction of sp³-hybridized carbons (Fsp3) is 0.409. The molecular weight excluding hydrogens is 338 g/mol. The predicted octanol–water partition coefficient (Wildman–Crippen LogP) is 3.21. The highest BCUT2D eigenvalue weighted by atomic mass is 16.5. The standard InChI is InChI=1S/C22H29N3O2/c1-17-8-9-20(14-18(17)2)23-22(26)16-24(3)15-19-6-4-5-7-21(19)25-10-12-27-13-11-25/h4-9,14H,10-13,15-16H2,1-3H3,(H,23,26). The van der Waals surface area contributed by atoms with E-state index in [1.165, 1.54) is 22.4 Å². The van der Waals surface area contributed by atoms with Gasteiger partial charge in [-0.25, -0.2) is 0 Å². The van der Waals surface area contributed by atoms with E-state index in [0.717, 1.165) is 38.5 Å². The molecule has 0 unspecified atom stereocenters. The van der Waals surface area contributed by atoms with E-state index in [0.29, 0.717) is 6.54 Å². The molecule has 0 aliphatic carbocycles. The van der Waals surface area contributed by atoms with Crippen LogP contribution < -0.4 is 10.2 Å². The molecule has 0 spiro atoms. The second-order valence-corrected chi connectivity index (χ2v) is 7.25. The number of benzene rings is 2. The normalized spacial score (nSPS) is 14.4. The van der Waals surface area contributed by atoms with Crippen LogP contribution in [-0.2, 0) is 16.1 Å². The van der Waals surface area contributed by atoms with Crippen molar-refractivity contribution in [2.45, 2.75) is 20.4 Å². The monoisotopic (exact) mass is 367 g/mol. The zero-order chi connectivity index (χ0) is 19.2. The Balaban J connectivity index is 1.59. The zero-order valence-electron chi connectivity index (χ0n) is 16.5. The van der Waals surface area contributed by atoms with E-state index in [-0.39, 0.29) is 5.91 Å². The first kappa shape index (κ1) is 19.4. The van der Waals surface area contributed by atoms with Gasteiger partial charge in [0.2, 0.25) is 5.91 Å². The number of anilines is 2. The second kappa shape index (κ2) is 9.02. The van der Waals surface area contributed by atoms with Crippen LogP contribution in [-0.4, -0.2) is 50.7 Å². The molecule has 2 aromatic rings. The minimum atomic E-state index is 0.00427. The second-order valence-electron chi connectivity index (χ2n) is 7.25. The molecule has 1 saturated heterocycles. The number of ether oxygens (including phenoxy) is 1. The van der Waals surface area contributed by atoms with E-state index >= 15 is 0 Å². The van der Waals surface area contributed by atoms with Gasteiger partial charge in [-0.05, 0) is 55.8 Å². The maximum Gasteiger partial charge on any atom is 0.238 e. The van der Waals surface area contributed by atoms with E-state index in [9.17, 15) is 4.79 Å². The number of amides is 1. The highest BCUT2D eigenvalue weighted by Gasteiger charge is 2.16. The van der Waals surface area contributed by atoms with Gasteiger partial charge >= 0.3 is 0 Å². The molecule has 27 heavy (non-hydrogen) atoms. The van der Waals surface area contributed by atoms with Crippen molar-refractivity contribution in [3.05, 3.63) is 59.2 Å². The number of para-hydroxylation sites is 1. The fourth-order valence-electron chi connectivity index (χ4n) is 3.37. The first-order valence-corrected chi connectivity index (χ1v) is 9.49. The number of aryl methyl sites for hydroxylation is 2. The molecule has 0 radical (unpaired) electrons. The summed E-state index contributed by atoms with van der Waals surface area (Å²) in [6.45, 7) is 8.56. The summed E-state index contributed by atoms with van der Waals surface area (Å²) in [6, 6.07) is 14.4. The minimum absolute atomic E-state index is 0.00427. The molecule has 144 valence electrons. The molecule has 1 amide bonds. The molecule has 2 aromatic carbocycles. The summed E-state index contributed by atoms with van der Waals surface area (Å²) in [6.07, 6.45) is 0. The molecule has 1 fully saturated rings. The van der Waals surface area contributed by atoms with Crippen LogP contribution in [0.4, 0.5) is 11.4 Å². The first-order chi connectivity index (χ1) is 13.0. The molecule has 1 aliphatic heterocycles. The lowest BCUT2D eigenvalue weighted by Crippen LogP contribution is -2.37. The maximum atomic E-state index is 12.4. The zero-order valence-corrected chi connectivity index (χ0v) is 16.5. The molecule has 5 heteroatoms. The van der Waals surface area contributed by atoms with Gasteiger partial charge in [-0.3, -0.25) is 9.69 Å². The lowest BCUT2D eigenvalue weighted by molar-refractivity contribution is -0.117. The SMILES string of the molecule is Cc1ccc(NC(=O)CN(C)Cc2ccccc2N2CCOCC2)cc1C. The minimum Gasteiger partial charge on any atom is -0.378 e. The largest absolute Gasteiger partial charge is 0.378 e. The Morgan fingerprint density at radius 3 is 2.59 bits per heavy atom. The summed E-state index contributed by atoms with van der Waals surface area (Å²) >= 11 is 0. The van der Waals surface area contributed by atoms with Gasteiger partial charge in [0.15, 0.2) is 0 Å².